The van der Waals surface area contributed by atoms with Crippen LogP contribution in [0, 0.1) is 18.8 Å². The average Bonchev–Trinajstić information content (AvgIpc) is 2.46. The summed E-state index contributed by atoms with van der Waals surface area (Å²) in [6.07, 6.45) is 5.14. The first-order valence-corrected chi connectivity index (χ1v) is 7.54. The molecule has 19 heavy (non-hydrogen) atoms. The average molecular weight is 261 g/mol. The Bertz CT molecular complexity index is 416. The van der Waals surface area contributed by atoms with Crippen molar-refractivity contribution in [3.8, 4) is 5.75 Å². The van der Waals surface area contributed by atoms with Crippen molar-refractivity contribution >= 4 is 0 Å². The molecule has 0 aromatic heterocycles. The lowest BCUT2D eigenvalue weighted by Gasteiger charge is -2.36. The Morgan fingerprint density at radius 1 is 1.32 bits per heavy atom. The minimum Gasteiger partial charge on any atom is -0.496 e. The van der Waals surface area contributed by atoms with Crippen molar-refractivity contribution in [1.29, 1.82) is 0 Å². The van der Waals surface area contributed by atoms with Crippen LogP contribution in [-0.2, 0) is 0 Å². The largest absolute Gasteiger partial charge is 0.496 e. The molecule has 2 nitrogen and oxygen atoms in total. The fourth-order valence-electron chi connectivity index (χ4n) is 3.50. The van der Waals surface area contributed by atoms with Crippen LogP contribution in [-0.4, -0.2) is 13.7 Å². The summed E-state index contributed by atoms with van der Waals surface area (Å²) in [6, 6.07) is 6.53. The molecule has 3 atom stereocenters. The zero-order valence-electron chi connectivity index (χ0n) is 12.5. The van der Waals surface area contributed by atoms with E-state index in [1.807, 2.05) is 0 Å². The van der Waals surface area contributed by atoms with Crippen LogP contribution >= 0.6 is 0 Å². The fraction of sp³-hybridized carbons (Fsp3) is 0.647. The van der Waals surface area contributed by atoms with Gasteiger partial charge < -0.3 is 10.5 Å². The van der Waals surface area contributed by atoms with E-state index in [2.05, 4.69) is 32.0 Å². The summed E-state index contributed by atoms with van der Waals surface area (Å²) in [5, 5.41) is 0. The first kappa shape index (κ1) is 14.4. The van der Waals surface area contributed by atoms with Gasteiger partial charge in [0.15, 0.2) is 0 Å². The van der Waals surface area contributed by atoms with E-state index in [-0.39, 0.29) is 0 Å². The van der Waals surface area contributed by atoms with Crippen LogP contribution in [0.4, 0.5) is 0 Å². The van der Waals surface area contributed by atoms with E-state index in [0.717, 1.165) is 18.2 Å². The third-order valence-corrected chi connectivity index (χ3v) is 4.77. The lowest BCUT2D eigenvalue weighted by atomic mass is 9.70. The monoisotopic (exact) mass is 261 g/mol. The number of benzene rings is 1. The predicted octanol–water partition coefficient (Wildman–Crippen LogP) is 3.87. The molecule has 1 saturated carbocycles. The third kappa shape index (κ3) is 3.11. The van der Waals surface area contributed by atoms with Crippen LogP contribution in [0.3, 0.4) is 0 Å². The van der Waals surface area contributed by atoms with Crippen LogP contribution in [0.2, 0.25) is 0 Å². The number of hydrogen-bond donors (Lipinski definition) is 1. The minimum atomic E-state index is 0.568. The minimum absolute atomic E-state index is 0.568. The maximum absolute atomic E-state index is 6.01. The Balaban J connectivity index is 2.32. The summed E-state index contributed by atoms with van der Waals surface area (Å²) >= 11 is 0. The molecule has 1 aliphatic rings. The molecule has 1 aliphatic carbocycles. The molecule has 1 fully saturated rings. The summed E-state index contributed by atoms with van der Waals surface area (Å²) < 4.78 is 5.57. The molecule has 0 bridgehead atoms. The van der Waals surface area contributed by atoms with Crippen molar-refractivity contribution < 1.29 is 4.74 Å². The molecule has 0 saturated heterocycles. The van der Waals surface area contributed by atoms with Crippen LogP contribution in [0.5, 0.6) is 5.75 Å². The van der Waals surface area contributed by atoms with E-state index in [0.29, 0.717) is 11.8 Å². The smallest absolute Gasteiger partial charge is 0.122 e. The van der Waals surface area contributed by atoms with E-state index < -0.39 is 0 Å². The Labute approximate surface area is 117 Å². The van der Waals surface area contributed by atoms with Gasteiger partial charge in [0.25, 0.3) is 0 Å². The molecule has 0 aliphatic heterocycles. The molecule has 1 aromatic carbocycles. The number of methoxy groups -OCH3 is 1. The number of aryl methyl sites for hydroxylation is 1. The lowest BCUT2D eigenvalue weighted by molar-refractivity contribution is 0.232. The molecule has 3 unspecified atom stereocenters. The summed E-state index contributed by atoms with van der Waals surface area (Å²) in [7, 11) is 1.77. The standard InChI is InChI=1S/C17H27NO/c1-4-13-6-7-14(11-18)15(10-13)16-9-12(2)5-8-17(16)19-3/h5,8-9,13-15H,4,6-7,10-11,18H2,1-3H3. The van der Waals surface area contributed by atoms with Gasteiger partial charge in [-0.1, -0.05) is 37.5 Å². The number of ether oxygens (including phenoxy) is 1. The second-order valence-corrected chi connectivity index (χ2v) is 5.94. The van der Waals surface area contributed by atoms with Gasteiger partial charge in [-0.3, -0.25) is 0 Å². The Kier molecular flexibility index (Phi) is 4.87. The van der Waals surface area contributed by atoms with Gasteiger partial charge in [0.05, 0.1) is 7.11 Å². The first-order valence-electron chi connectivity index (χ1n) is 7.54. The maximum atomic E-state index is 6.01. The fourth-order valence-corrected chi connectivity index (χ4v) is 3.50. The topological polar surface area (TPSA) is 35.2 Å². The molecule has 0 heterocycles. The number of hydrogen-bond acceptors (Lipinski definition) is 2. The van der Waals surface area contributed by atoms with Crippen LogP contribution in [0.15, 0.2) is 18.2 Å². The van der Waals surface area contributed by atoms with Crippen molar-refractivity contribution in [2.24, 2.45) is 17.6 Å². The van der Waals surface area contributed by atoms with Crippen molar-refractivity contribution in [3.63, 3.8) is 0 Å². The third-order valence-electron chi connectivity index (χ3n) is 4.77. The normalized spacial score (nSPS) is 27.3. The SMILES string of the molecule is CCC1CCC(CN)C(c2cc(C)ccc2OC)C1. The predicted molar refractivity (Wildman–Crippen MR) is 80.6 cm³/mol. The lowest BCUT2D eigenvalue weighted by Crippen LogP contribution is -2.29. The van der Waals surface area contributed by atoms with Gasteiger partial charge >= 0.3 is 0 Å². The molecule has 1 aromatic rings. The molecule has 0 amide bonds. The van der Waals surface area contributed by atoms with Crippen molar-refractivity contribution in [2.75, 3.05) is 13.7 Å². The molecule has 0 radical (unpaired) electrons. The highest BCUT2D eigenvalue weighted by Crippen LogP contribution is 2.44. The van der Waals surface area contributed by atoms with Crippen molar-refractivity contribution in [1.82, 2.24) is 0 Å². The van der Waals surface area contributed by atoms with Gasteiger partial charge in [-0.2, -0.15) is 0 Å². The zero-order valence-corrected chi connectivity index (χ0v) is 12.5. The summed E-state index contributed by atoms with van der Waals surface area (Å²) in [6.45, 7) is 5.25. The number of rotatable bonds is 4. The summed E-state index contributed by atoms with van der Waals surface area (Å²) in [4.78, 5) is 0. The molecule has 2 heteroatoms. The zero-order chi connectivity index (χ0) is 13.8. The molecule has 2 rings (SSSR count). The first-order chi connectivity index (χ1) is 9.19. The Morgan fingerprint density at radius 3 is 2.74 bits per heavy atom. The van der Waals surface area contributed by atoms with Gasteiger partial charge in [-0.15, -0.1) is 0 Å². The van der Waals surface area contributed by atoms with E-state index in [1.165, 1.54) is 36.8 Å². The molecular weight excluding hydrogens is 234 g/mol. The van der Waals surface area contributed by atoms with Gasteiger partial charge in [0.1, 0.15) is 5.75 Å². The van der Waals surface area contributed by atoms with Crippen LogP contribution < -0.4 is 10.5 Å². The second kappa shape index (κ2) is 6.42. The Morgan fingerprint density at radius 2 is 2.11 bits per heavy atom. The second-order valence-electron chi connectivity index (χ2n) is 5.94. The maximum Gasteiger partial charge on any atom is 0.122 e. The van der Waals surface area contributed by atoms with Gasteiger partial charge in [0.2, 0.25) is 0 Å². The molecule has 106 valence electrons. The van der Waals surface area contributed by atoms with Gasteiger partial charge in [0, 0.05) is 0 Å². The van der Waals surface area contributed by atoms with Gasteiger partial charge in [-0.05, 0) is 55.7 Å². The van der Waals surface area contributed by atoms with E-state index in [1.54, 1.807) is 7.11 Å². The summed E-state index contributed by atoms with van der Waals surface area (Å²) in [5.74, 6) is 3.06. The highest BCUT2D eigenvalue weighted by molar-refractivity contribution is 5.40. The van der Waals surface area contributed by atoms with Crippen molar-refractivity contribution in [2.45, 2.75) is 45.4 Å². The molecule has 2 N–H and O–H groups in total. The van der Waals surface area contributed by atoms with Gasteiger partial charge in [-0.25, -0.2) is 0 Å². The van der Waals surface area contributed by atoms with Crippen LogP contribution in [0.1, 0.15) is 49.7 Å². The Hall–Kier alpha value is -1.02. The van der Waals surface area contributed by atoms with Crippen LogP contribution in [0.25, 0.3) is 0 Å². The quantitative estimate of drug-likeness (QED) is 0.893. The molecule has 0 spiro atoms. The van der Waals surface area contributed by atoms with E-state index in [4.69, 9.17) is 10.5 Å². The highest BCUT2D eigenvalue weighted by Gasteiger charge is 2.31. The molecular formula is C17H27NO. The van der Waals surface area contributed by atoms with E-state index >= 15 is 0 Å². The highest BCUT2D eigenvalue weighted by atomic mass is 16.5. The van der Waals surface area contributed by atoms with Crippen molar-refractivity contribution in [3.05, 3.63) is 29.3 Å². The van der Waals surface area contributed by atoms with E-state index in [9.17, 15) is 0 Å². The summed E-state index contributed by atoms with van der Waals surface area (Å²) in [5.41, 5.74) is 8.69. The number of nitrogens with two attached hydrogens (primary N) is 1.